The van der Waals surface area contributed by atoms with Crippen LogP contribution in [-0.2, 0) is 7.05 Å². The maximum atomic E-state index is 12.8. The van der Waals surface area contributed by atoms with Crippen LogP contribution >= 0.6 is 10.7 Å². The topological polar surface area (TPSA) is 78.3 Å². The third kappa shape index (κ3) is 5.64. The smallest absolute Gasteiger partial charge is 0.272 e. The number of aryl methyl sites for hydroxylation is 1. The number of anilines is 1. The van der Waals surface area contributed by atoms with E-state index in [-0.39, 0.29) is 22.6 Å². The van der Waals surface area contributed by atoms with Crippen molar-refractivity contribution in [3.63, 3.8) is 0 Å². The van der Waals surface area contributed by atoms with E-state index in [9.17, 15) is 4.79 Å². The van der Waals surface area contributed by atoms with Gasteiger partial charge >= 0.3 is 0 Å². The van der Waals surface area contributed by atoms with Crippen LogP contribution in [0.25, 0.3) is 11.0 Å². The molecule has 9 heteroatoms. The van der Waals surface area contributed by atoms with Crippen molar-refractivity contribution >= 4 is 39.3 Å². The lowest BCUT2D eigenvalue weighted by molar-refractivity contribution is 0.0925. The van der Waals surface area contributed by atoms with Crippen molar-refractivity contribution < 1.29 is 4.79 Å². The molecule has 4 rings (SSSR count). The summed E-state index contributed by atoms with van der Waals surface area (Å²) >= 11 is 0. The highest BCUT2D eigenvalue weighted by Gasteiger charge is 2.23. The predicted octanol–water partition coefficient (Wildman–Crippen LogP) is 2.23. The summed E-state index contributed by atoms with van der Waals surface area (Å²) < 4.78 is 4.16. The van der Waals surface area contributed by atoms with Gasteiger partial charge in [0, 0.05) is 39.3 Å². The highest BCUT2D eigenvalue weighted by molar-refractivity contribution is 8.11. The van der Waals surface area contributed by atoms with Crippen molar-refractivity contribution in [2.45, 2.75) is 39.2 Å². The first-order valence-corrected chi connectivity index (χ1v) is 13.1. The van der Waals surface area contributed by atoms with E-state index < -0.39 is 0 Å². The molecule has 0 radical (unpaired) electrons. The van der Waals surface area contributed by atoms with Crippen molar-refractivity contribution in [3.05, 3.63) is 17.8 Å². The van der Waals surface area contributed by atoms with E-state index in [0.717, 1.165) is 75.4 Å². The highest BCUT2D eigenvalue weighted by Crippen LogP contribution is 2.23. The molecule has 1 amide bonds. The molecule has 1 atom stereocenters. The summed E-state index contributed by atoms with van der Waals surface area (Å²) in [5, 5.41) is 11.8. The van der Waals surface area contributed by atoms with Gasteiger partial charge in [-0.1, -0.05) is 19.7 Å². The van der Waals surface area contributed by atoms with E-state index >= 15 is 0 Å². The summed E-state index contributed by atoms with van der Waals surface area (Å²) in [6.45, 7) is 9.88. The van der Waals surface area contributed by atoms with Crippen molar-refractivity contribution in [2.75, 3.05) is 50.4 Å². The van der Waals surface area contributed by atoms with Gasteiger partial charge in [-0.25, -0.2) is 9.67 Å². The summed E-state index contributed by atoms with van der Waals surface area (Å²) in [6, 6.07) is 4.23. The molecule has 8 nitrogen and oxygen atoms in total. The normalized spacial score (nSPS) is 19.4. The quantitative estimate of drug-likeness (QED) is 0.700. The van der Waals surface area contributed by atoms with Crippen LogP contribution in [0.5, 0.6) is 0 Å². The molecule has 2 N–H and O–H groups in total. The maximum Gasteiger partial charge on any atom is 0.272 e. The molecule has 0 aliphatic carbocycles. The minimum atomic E-state index is -0.104. The molecule has 2 saturated heterocycles. The van der Waals surface area contributed by atoms with Crippen molar-refractivity contribution in [1.82, 2.24) is 29.7 Å². The second-order valence-electron chi connectivity index (χ2n) is 7.88. The second kappa shape index (κ2) is 11.1. The lowest BCUT2D eigenvalue weighted by Crippen LogP contribution is -2.42. The van der Waals surface area contributed by atoms with Crippen molar-refractivity contribution in [2.24, 2.45) is 7.05 Å². The van der Waals surface area contributed by atoms with Gasteiger partial charge in [0.2, 0.25) is 0 Å². The van der Waals surface area contributed by atoms with Crippen LogP contribution in [0.4, 0.5) is 5.82 Å². The lowest BCUT2D eigenvalue weighted by atomic mass is 10.1. The Labute approximate surface area is 188 Å². The number of amides is 1. The monoisotopic (exact) mass is 447 g/mol. The number of aromatic nitrogens is 3. The number of piperidine rings is 1. The minimum absolute atomic E-state index is 0.0579. The molecule has 2 aromatic rings. The molecule has 2 aliphatic rings. The number of carbonyl (C=O) groups excluding carboxylic acids is 1. The number of rotatable bonds is 4. The van der Waals surface area contributed by atoms with Gasteiger partial charge in [-0.2, -0.15) is 5.10 Å². The molecule has 0 aromatic carbocycles. The van der Waals surface area contributed by atoms with E-state index in [1.807, 2.05) is 33.0 Å². The zero-order valence-corrected chi connectivity index (χ0v) is 20.2. The molecule has 31 heavy (non-hydrogen) atoms. The van der Waals surface area contributed by atoms with Gasteiger partial charge in [0.15, 0.2) is 11.3 Å². The molecule has 0 spiro atoms. The third-order valence-corrected chi connectivity index (χ3v) is 7.03. The molecule has 2 aromatic heterocycles. The number of nitrogens with zero attached hydrogens (tertiary/aromatic N) is 5. The number of nitrogens with one attached hydrogen (secondary N) is 2. The first-order chi connectivity index (χ1) is 15.0. The van der Waals surface area contributed by atoms with Gasteiger partial charge in [-0.15, -0.1) is 10.7 Å². The number of hydrogen-bond acceptors (Lipinski definition) is 6. The first-order valence-electron chi connectivity index (χ1n) is 11.3. The van der Waals surface area contributed by atoms with Gasteiger partial charge < -0.3 is 15.5 Å². The number of carbonyl (C=O) groups is 1. The fourth-order valence-electron chi connectivity index (χ4n) is 4.12. The molecule has 1 unspecified atom stereocenters. The molecule has 4 heterocycles. The average Bonchev–Trinajstić information content (AvgIpc) is 2.95. The number of hydrogen-bond donors (Lipinski definition) is 2. The van der Waals surface area contributed by atoms with Crippen LogP contribution in [0.3, 0.4) is 0 Å². The van der Waals surface area contributed by atoms with E-state index in [2.05, 4.69) is 37.1 Å². The Balaban J connectivity index is 0.00000132. The Kier molecular flexibility index (Phi) is 8.45. The molecule has 0 saturated carbocycles. The summed E-state index contributed by atoms with van der Waals surface area (Å²) in [4.78, 5) is 20.0. The van der Waals surface area contributed by atoms with Gasteiger partial charge in [0.05, 0.1) is 5.39 Å². The van der Waals surface area contributed by atoms with Crippen LogP contribution in [0.2, 0.25) is 0 Å². The Morgan fingerprint density at radius 1 is 1.19 bits per heavy atom. The minimum Gasteiger partial charge on any atom is -0.355 e. The molecule has 2 aliphatic heterocycles. The molecule has 2 fully saturated rings. The summed E-state index contributed by atoms with van der Waals surface area (Å²) in [7, 11) is 1.92. The third-order valence-electron chi connectivity index (χ3n) is 5.78. The van der Waals surface area contributed by atoms with E-state index in [4.69, 9.17) is 4.98 Å². The van der Waals surface area contributed by atoms with E-state index in [1.165, 1.54) is 0 Å². The largest absolute Gasteiger partial charge is 0.355 e. The first kappa shape index (κ1) is 23.7. The predicted molar refractivity (Wildman–Crippen MR) is 132 cm³/mol. The van der Waals surface area contributed by atoms with Crippen molar-refractivity contribution in [1.29, 1.82) is 0 Å². The average molecular weight is 448 g/mol. The van der Waals surface area contributed by atoms with Gasteiger partial charge in [-0.3, -0.25) is 9.10 Å². The molecular formula is C22H37N7OS. The highest BCUT2D eigenvalue weighted by atomic mass is 32.2. The zero-order chi connectivity index (χ0) is 22.4. The maximum absolute atomic E-state index is 12.8. The van der Waals surface area contributed by atoms with Gasteiger partial charge in [0.1, 0.15) is 5.82 Å². The molecular weight excluding hydrogens is 410 g/mol. The van der Waals surface area contributed by atoms with E-state index in [1.54, 1.807) is 4.68 Å². The van der Waals surface area contributed by atoms with Crippen LogP contribution in [-0.4, -0.2) is 82.4 Å². The molecule has 0 bridgehead atoms. The Bertz CT molecular complexity index is 907. The Morgan fingerprint density at radius 3 is 2.65 bits per heavy atom. The Morgan fingerprint density at radius 2 is 1.94 bits per heavy atom. The van der Waals surface area contributed by atoms with Crippen LogP contribution in [0, 0.1) is 0 Å². The SMILES string of the molecule is C=S(C)N1CCCN(c2ccc3c(C(=O)NC4CCNCC4)nn(C)c3n2)CC1.CC. The second-order valence-corrected chi connectivity index (χ2v) is 9.60. The summed E-state index contributed by atoms with van der Waals surface area (Å²) in [5.41, 5.74) is 1.22. The fourth-order valence-corrected chi connectivity index (χ4v) is 4.95. The van der Waals surface area contributed by atoms with Crippen LogP contribution < -0.4 is 15.5 Å². The van der Waals surface area contributed by atoms with Crippen molar-refractivity contribution in [3.8, 4) is 0 Å². The van der Waals surface area contributed by atoms with Crippen LogP contribution in [0.1, 0.15) is 43.6 Å². The zero-order valence-electron chi connectivity index (χ0n) is 19.4. The van der Waals surface area contributed by atoms with Gasteiger partial charge in [-0.05, 0) is 50.7 Å². The number of pyridine rings is 1. The van der Waals surface area contributed by atoms with Crippen LogP contribution in [0.15, 0.2) is 12.1 Å². The van der Waals surface area contributed by atoms with Gasteiger partial charge in [0.25, 0.3) is 5.91 Å². The fraction of sp³-hybridized carbons (Fsp3) is 0.636. The molecule has 172 valence electrons. The Hall–Kier alpha value is -1.97. The standard InChI is InChI=1S/C20H31N7OS.C2H6/c1-25-19-16(18(24-25)20(28)22-15-7-9-21-10-8-15)5-6-17(23-19)26-11-4-12-27(14-13-26)29(2)3;1-2/h5-6,15,21H,2,4,7-14H2,1,3H3,(H,22,28);1-2H3. The summed E-state index contributed by atoms with van der Waals surface area (Å²) in [5.74, 6) is 5.03. The number of fused-ring (bicyclic) bond motifs is 1. The summed E-state index contributed by atoms with van der Waals surface area (Å²) in [6.07, 6.45) is 5.18. The lowest BCUT2D eigenvalue weighted by Gasteiger charge is -2.23. The van der Waals surface area contributed by atoms with E-state index in [0.29, 0.717) is 5.69 Å².